The van der Waals surface area contributed by atoms with Crippen LogP contribution in [0.15, 0.2) is 30.3 Å². The van der Waals surface area contributed by atoms with E-state index >= 15 is 0 Å². The second-order valence-electron chi connectivity index (χ2n) is 4.75. The molecule has 1 atom stereocenters. The Morgan fingerprint density at radius 1 is 1.08 bits per heavy atom. The summed E-state index contributed by atoms with van der Waals surface area (Å²) < 4.78 is 0. The number of rotatable bonds is 2. The quantitative estimate of drug-likeness (QED) is 0.632. The van der Waals surface area contributed by atoms with Crippen molar-refractivity contribution < 1.29 is 0 Å². The maximum atomic E-state index is 2.37. The van der Waals surface area contributed by atoms with Crippen molar-refractivity contribution in [2.45, 2.75) is 20.8 Å². The van der Waals surface area contributed by atoms with Gasteiger partial charge in [0, 0.05) is 0 Å². The lowest BCUT2D eigenvalue weighted by Crippen LogP contribution is -2.14. The molecule has 0 nitrogen and oxygen atoms in total. The van der Waals surface area contributed by atoms with E-state index in [1.54, 1.807) is 0 Å². The molecule has 0 N–H and O–H groups in total. The maximum Gasteiger partial charge on any atom is -0.0239 e. The minimum atomic E-state index is 0.0363. The number of benzene rings is 1. The van der Waals surface area contributed by atoms with E-state index < -0.39 is 0 Å². The average molecular weight is 194 g/mol. The van der Waals surface area contributed by atoms with Gasteiger partial charge in [-0.25, -0.2) is 0 Å². The lowest BCUT2D eigenvalue weighted by Gasteiger charge is -2.23. The van der Waals surface area contributed by atoms with Gasteiger partial charge in [0.05, 0.1) is 0 Å². The molecule has 72 valence electrons. The van der Waals surface area contributed by atoms with Crippen molar-refractivity contribution in [1.82, 2.24) is 0 Å². The van der Waals surface area contributed by atoms with Crippen molar-refractivity contribution in [2.75, 3.05) is 12.8 Å². The molecule has 0 aliphatic carbocycles. The summed E-state index contributed by atoms with van der Waals surface area (Å²) in [5.41, 5.74) is 0.455. The summed E-state index contributed by atoms with van der Waals surface area (Å²) in [5.74, 6) is 0. The zero-order valence-electron chi connectivity index (χ0n) is 9.04. The van der Waals surface area contributed by atoms with E-state index in [1.807, 2.05) is 0 Å². The number of hydrogen-bond donors (Lipinski definition) is 0. The summed E-state index contributed by atoms with van der Waals surface area (Å²) >= 11 is 0. The molecule has 0 saturated heterocycles. The highest BCUT2D eigenvalue weighted by atomic mass is 31.1. The Morgan fingerprint density at radius 2 is 1.62 bits per heavy atom. The summed E-state index contributed by atoms with van der Waals surface area (Å²) in [6, 6.07) is 10.9. The molecule has 1 aromatic rings. The topological polar surface area (TPSA) is 0 Å². The smallest absolute Gasteiger partial charge is 0.0239 e. The Labute approximate surface area is 83.1 Å². The zero-order valence-corrected chi connectivity index (χ0v) is 9.94. The molecule has 0 fully saturated rings. The fraction of sp³-hybridized carbons (Fsp3) is 0.500. The van der Waals surface area contributed by atoms with Gasteiger partial charge in [0.1, 0.15) is 0 Å². The van der Waals surface area contributed by atoms with Gasteiger partial charge in [-0.1, -0.05) is 59.0 Å². The van der Waals surface area contributed by atoms with Crippen LogP contribution in [0.2, 0.25) is 0 Å². The molecule has 0 amide bonds. The third-order valence-corrected chi connectivity index (χ3v) is 4.51. The fourth-order valence-corrected chi connectivity index (χ4v) is 3.77. The van der Waals surface area contributed by atoms with Crippen LogP contribution in [0.25, 0.3) is 0 Å². The van der Waals surface area contributed by atoms with Gasteiger partial charge in [0.15, 0.2) is 0 Å². The van der Waals surface area contributed by atoms with Crippen LogP contribution in [0.1, 0.15) is 20.8 Å². The molecule has 0 aliphatic rings. The van der Waals surface area contributed by atoms with E-state index in [0.29, 0.717) is 5.41 Å². The maximum absolute atomic E-state index is 2.37. The van der Waals surface area contributed by atoms with E-state index in [2.05, 4.69) is 57.8 Å². The minimum absolute atomic E-state index is 0.0363. The molecule has 13 heavy (non-hydrogen) atoms. The average Bonchev–Trinajstić information content (AvgIpc) is 2.03. The highest BCUT2D eigenvalue weighted by molar-refractivity contribution is 7.64. The normalized spacial score (nSPS) is 14.2. The second kappa shape index (κ2) is 4.24. The number of hydrogen-bond acceptors (Lipinski definition) is 0. The standard InChI is InChI=1S/C12H19P/c1-12(2,3)10-13(4)11-8-6-5-7-9-11/h5-9H,10H2,1-4H3. The predicted octanol–water partition coefficient (Wildman–Crippen LogP) is 3.47. The van der Waals surface area contributed by atoms with Crippen molar-refractivity contribution in [3.8, 4) is 0 Å². The molecule has 0 radical (unpaired) electrons. The van der Waals surface area contributed by atoms with Crippen molar-refractivity contribution in [3.05, 3.63) is 30.3 Å². The van der Waals surface area contributed by atoms with Gasteiger partial charge in [-0.05, 0) is 23.5 Å². The monoisotopic (exact) mass is 194 g/mol. The van der Waals surface area contributed by atoms with Crippen LogP contribution >= 0.6 is 7.92 Å². The molecule has 1 rings (SSSR count). The van der Waals surface area contributed by atoms with E-state index in [1.165, 1.54) is 11.5 Å². The summed E-state index contributed by atoms with van der Waals surface area (Å²) in [6.45, 7) is 9.31. The van der Waals surface area contributed by atoms with Crippen LogP contribution in [0, 0.1) is 5.41 Å². The molecule has 1 aromatic carbocycles. The molecule has 0 aliphatic heterocycles. The van der Waals surface area contributed by atoms with Gasteiger partial charge < -0.3 is 0 Å². The Hall–Kier alpha value is -0.350. The van der Waals surface area contributed by atoms with Gasteiger partial charge in [0.25, 0.3) is 0 Å². The highest BCUT2D eigenvalue weighted by Crippen LogP contribution is 2.36. The molecule has 1 heteroatoms. The first-order valence-electron chi connectivity index (χ1n) is 4.75. The van der Waals surface area contributed by atoms with Gasteiger partial charge in [-0.2, -0.15) is 0 Å². The summed E-state index contributed by atoms with van der Waals surface area (Å²) in [6.07, 6.45) is 1.31. The van der Waals surface area contributed by atoms with Crippen LogP contribution in [0.5, 0.6) is 0 Å². The van der Waals surface area contributed by atoms with Crippen molar-refractivity contribution in [3.63, 3.8) is 0 Å². The van der Waals surface area contributed by atoms with Crippen LogP contribution < -0.4 is 5.30 Å². The van der Waals surface area contributed by atoms with Gasteiger partial charge in [-0.3, -0.25) is 0 Å². The first-order chi connectivity index (χ1) is 5.99. The van der Waals surface area contributed by atoms with Gasteiger partial charge >= 0.3 is 0 Å². The summed E-state index contributed by atoms with van der Waals surface area (Å²) in [7, 11) is 0.0363. The second-order valence-corrected chi connectivity index (χ2v) is 6.98. The van der Waals surface area contributed by atoms with Crippen LogP contribution in [0.4, 0.5) is 0 Å². The molecule has 0 aromatic heterocycles. The van der Waals surface area contributed by atoms with E-state index in [-0.39, 0.29) is 7.92 Å². The molecular formula is C12H19P. The molecule has 0 saturated carbocycles. The third kappa shape index (κ3) is 3.91. The van der Waals surface area contributed by atoms with E-state index in [0.717, 1.165) is 0 Å². The predicted molar refractivity (Wildman–Crippen MR) is 63.2 cm³/mol. The first-order valence-corrected chi connectivity index (χ1v) is 6.73. The van der Waals surface area contributed by atoms with Crippen molar-refractivity contribution in [2.24, 2.45) is 5.41 Å². The zero-order chi connectivity index (χ0) is 9.90. The Morgan fingerprint density at radius 3 is 2.08 bits per heavy atom. The Kier molecular flexibility index (Phi) is 3.50. The van der Waals surface area contributed by atoms with Crippen molar-refractivity contribution >= 4 is 13.2 Å². The SMILES string of the molecule is CP(CC(C)(C)C)c1ccccc1. The summed E-state index contributed by atoms with van der Waals surface area (Å²) in [5, 5.41) is 1.52. The lowest BCUT2D eigenvalue weighted by molar-refractivity contribution is 0.478. The van der Waals surface area contributed by atoms with Gasteiger partial charge in [-0.15, -0.1) is 0 Å². The molecule has 0 spiro atoms. The first kappa shape index (κ1) is 10.7. The Bertz CT molecular complexity index is 246. The van der Waals surface area contributed by atoms with E-state index in [4.69, 9.17) is 0 Å². The third-order valence-electron chi connectivity index (χ3n) is 1.91. The minimum Gasteiger partial charge on any atom is -0.0780 e. The van der Waals surface area contributed by atoms with Crippen LogP contribution in [-0.2, 0) is 0 Å². The Balaban J connectivity index is 2.64. The molecular weight excluding hydrogens is 175 g/mol. The van der Waals surface area contributed by atoms with Crippen molar-refractivity contribution in [1.29, 1.82) is 0 Å². The van der Waals surface area contributed by atoms with Gasteiger partial charge in [0.2, 0.25) is 0 Å². The summed E-state index contributed by atoms with van der Waals surface area (Å²) in [4.78, 5) is 0. The molecule has 0 heterocycles. The lowest BCUT2D eigenvalue weighted by atomic mass is 10.0. The van der Waals surface area contributed by atoms with E-state index in [9.17, 15) is 0 Å². The van der Waals surface area contributed by atoms with Crippen LogP contribution in [-0.4, -0.2) is 12.8 Å². The highest BCUT2D eigenvalue weighted by Gasteiger charge is 2.15. The largest absolute Gasteiger partial charge is 0.0780 e. The van der Waals surface area contributed by atoms with Crippen LogP contribution in [0.3, 0.4) is 0 Å². The molecule has 1 unspecified atom stereocenters. The molecule has 0 bridgehead atoms. The fourth-order valence-electron chi connectivity index (χ4n) is 1.49.